The summed E-state index contributed by atoms with van der Waals surface area (Å²) in [5.41, 5.74) is 0. The van der Waals surface area contributed by atoms with Crippen molar-refractivity contribution >= 4 is 16.2 Å². The van der Waals surface area contributed by atoms with E-state index >= 15 is 0 Å². The van der Waals surface area contributed by atoms with Crippen LogP contribution in [-0.4, -0.2) is 22.8 Å². The first kappa shape index (κ1) is 31.7. The second-order valence-electron chi connectivity index (χ2n) is 10.5. The van der Waals surface area contributed by atoms with E-state index in [0.717, 1.165) is 29.5 Å². The molecule has 0 N–H and O–H groups in total. The summed E-state index contributed by atoms with van der Waals surface area (Å²) in [4.78, 5) is 13.4. The lowest BCUT2D eigenvalue weighted by Crippen LogP contribution is -2.34. The lowest BCUT2D eigenvalue weighted by Gasteiger charge is -2.36. The van der Waals surface area contributed by atoms with Gasteiger partial charge in [0.2, 0.25) is 0 Å². The standard InChI is InChI=1S/C29H60O2Si/c1-5-9-12-15-18-21-24-27(8-4)29(32,25-22-19-16-13-10-6-2)28(30)31-26-23-20-17-14-11-7-3/h27H,5-26H2,1-4,32H3. The summed E-state index contributed by atoms with van der Waals surface area (Å²) in [6, 6.07) is 0. The molecule has 0 saturated heterocycles. The molecule has 0 aromatic heterocycles. The molecule has 0 aliphatic heterocycles. The van der Waals surface area contributed by atoms with Crippen molar-refractivity contribution in [1.82, 2.24) is 0 Å². The molecule has 0 aliphatic rings. The third kappa shape index (κ3) is 15.5. The molecule has 0 radical (unpaired) electrons. The molecular weight excluding hydrogens is 408 g/mol. The van der Waals surface area contributed by atoms with E-state index in [1.807, 2.05) is 0 Å². The van der Waals surface area contributed by atoms with Crippen LogP contribution >= 0.6 is 0 Å². The van der Waals surface area contributed by atoms with Crippen LogP contribution in [0.4, 0.5) is 0 Å². The van der Waals surface area contributed by atoms with E-state index in [1.165, 1.54) is 116 Å². The number of esters is 1. The molecule has 3 heteroatoms. The monoisotopic (exact) mass is 468 g/mol. The lowest BCUT2D eigenvalue weighted by molar-refractivity contribution is -0.150. The average molecular weight is 469 g/mol. The Labute approximate surface area is 205 Å². The number of hydrogen-bond acceptors (Lipinski definition) is 2. The Hall–Kier alpha value is -0.313. The third-order valence-corrected chi connectivity index (χ3v) is 9.27. The van der Waals surface area contributed by atoms with Gasteiger partial charge in [-0.15, -0.1) is 0 Å². The SMILES string of the molecule is CCCCCCCCOC(=O)C([SiH3])(CCCCCCCC)C(CC)CCCCCCCC. The van der Waals surface area contributed by atoms with Crippen LogP contribution in [0, 0.1) is 5.92 Å². The summed E-state index contributed by atoms with van der Waals surface area (Å²) in [6.07, 6.45) is 26.7. The van der Waals surface area contributed by atoms with Gasteiger partial charge in [0.25, 0.3) is 0 Å². The number of carbonyl (C=O) groups excluding carboxylic acids is 1. The second kappa shape index (κ2) is 22.5. The zero-order chi connectivity index (χ0) is 23.9. The second-order valence-corrected chi connectivity index (χ2v) is 12.3. The molecule has 0 heterocycles. The van der Waals surface area contributed by atoms with E-state index in [0.29, 0.717) is 12.5 Å². The fourth-order valence-electron chi connectivity index (χ4n) is 5.10. The Morgan fingerprint density at radius 1 is 0.656 bits per heavy atom. The van der Waals surface area contributed by atoms with Crippen molar-refractivity contribution in [1.29, 1.82) is 0 Å². The maximum atomic E-state index is 13.4. The van der Waals surface area contributed by atoms with Gasteiger partial charge >= 0.3 is 5.97 Å². The van der Waals surface area contributed by atoms with E-state index in [9.17, 15) is 4.79 Å². The fourth-order valence-corrected chi connectivity index (χ4v) is 6.30. The summed E-state index contributed by atoms with van der Waals surface area (Å²) in [7, 11) is 0.931. The predicted molar refractivity (Wildman–Crippen MR) is 147 cm³/mol. The molecule has 0 aliphatic carbocycles. The minimum Gasteiger partial charge on any atom is -0.466 e. The van der Waals surface area contributed by atoms with Gasteiger partial charge in [-0.25, -0.2) is 0 Å². The third-order valence-electron chi connectivity index (χ3n) is 7.55. The number of unbranched alkanes of at least 4 members (excludes halogenated alkanes) is 15. The summed E-state index contributed by atoms with van der Waals surface area (Å²) >= 11 is 0. The Kier molecular flexibility index (Phi) is 22.3. The van der Waals surface area contributed by atoms with Crippen molar-refractivity contribution < 1.29 is 9.53 Å². The van der Waals surface area contributed by atoms with Crippen LogP contribution in [0.2, 0.25) is 5.04 Å². The number of carbonyl (C=O) groups is 1. The van der Waals surface area contributed by atoms with Crippen LogP contribution in [0.3, 0.4) is 0 Å². The smallest absolute Gasteiger partial charge is 0.308 e. The molecule has 0 saturated carbocycles. The Morgan fingerprint density at radius 2 is 1.09 bits per heavy atom. The molecule has 2 nitrogen and oxygen atoms in total. The van der Waals surface area contributed by atoms with E-state index in [-0.39, 0.29) is 11.0 Å². The zero-order valence-electron chi connectivity index (χ0n) is 23.0. The first-order valence-electron chi connectivity index (χ1n) is 14.7. The van der Waals surface area contributed by atoms with Gasteiger partial charge in [-0.1, -0.05) is 143 Å². The van der Waals surface area contributed by atoms with Crippen molar-refractivity contribution in [2.45, 2.75) is 168 Å². The average Bonchev–Trinajstić information content (AvgIpc) is 2.80. The molecule has 0 aromatic rings. The van der Waals surface area contributed by atoms with Crippen LogP contribution in [0.25, 0.3) is 0 Å². The van der Waals surface area contributed by atoms with Crippen molar-refractivity contribution in [2.24, 2.45) is 5.92 Å². The first-order chi connectivity index (χ1) is 15.6. The minimum absolute atomic E-state index is 0.157. The van der Waals surface area contributed by atoms with Gasteiger partial charge in [-0.05, 0) is 25.2 Å². The van der Waals surface area contributed by atoms with Crippen molar-refractivity contribution in [3.05, 3.63) is 0 Å². The largest absolute Gasteiger partial charge is 0.466 e. The normalized spacial score (nSPS) is 14.4. The molecule has 0 bridgehead atoms. The Balaban J connectivity index is 4.67. The van der Waals surface area contributed by atoms with Gasteiger partial charge in [-0.2, -0.15) is 0 Å². The highest BCUT2D eigenvalue weighted by Crippen LogP contribution is 2.44. The van der Waals surface area contributed by atoms with Gasteiger partial charge in [0.1, 0.15) is 0 Å². The van der Waals surface area contributed by atoms with Crippen LogP contribution in [0.5, 0.6) is 0 Å². The summed E-state index contributed by atoms with van der Waals surface area (Å²) < 4.78 is 5.95. The molecule has 0 amide bonds. The zero-order valence-corrected chi connectivity index (χ0v) is 25.0. The Morgan fingerprint density at radius 3 is 1.59 bits per heavy atom. The molecule has 2 unspecified atom stereocenters. The van der Waals surface area contributed by atoms with Crippen molar-refractivity contribution in [3.8, 4) is 0 Å². The van der Waals surface area contributed by atoms with Gasteiger partial charge in [0.15, 0.2) is 0 Å². The highest BCUT2D eigenvalue weighted by molar-refractivity contribution is 6.27. The predicted octanol–water partition coefficient (Wildman–Crippen LogP) is 8.94. The van der Waals surface area contributed by atoms with Gasteiger partial charge in [0.05, 0.1) is 11.6 Å². The van der Waals surface area contributed by atoms with E-state index in [4.69, 9.17) is 4.74 Å². The van der Waals surface area contributed by atoms with E-state index < -0.39 is 0 Å². The first-order valence-corrected chi connectivity index (χ1v) is 15.7. The number of ether oxygens (including phenoxy) is 1. The molecular formula is C29H60O2Si. The topological polar surface area (TPSA) is 26.3 Å². The van der Waals surface area contributed by atoms with Crippen LogP contribution in [0.15, 0.2) is 0 Å². The summed E-state index contributed by atoms with van der Waals surface area (Å²) in [6.45, 7) is 9.75. The molecule has 192 valence electrons. The van der Waals surface area contributed by atoms with E-state index in [1.54, 1.807) is 0 Å². The van der Waals surface area contributed by atoms with E-state index in [2.05, 4.69) is 27.7 Å². The lowest BCUT2D eigenvalue weighted by atomic mass is 9.81. The minimum atomic E-state index is -0.162. The van der Waals surface area contributed by atoms with Crippen LogP contribution in [-0.2, 0) is 9.53 Å². The molecule has 0 spiro atoms. The Bertz CT molecular complexity index is 412. The number of rotatable bonds is 24. The molecule has 32 heavy (non-hydrogen) atoms. The summed E-state index contributed by atoms with van der Waals surface area (Å²) in [5, 5.41) is -0.162. The summed E-state index contributed by atoms with van der Waals surface area (Å²) in [5.74, 6) is 0.678. The quantitative estimate of drug-likeness (QED) is 0.0802. The highest BCUT2D eigenvalue weighted by atomic mass is 28.1. The maximum absolute atomic E-state index is 13.4. The van der Waals surface area contributed by atoms with Gasteiger partial charge in [-0.3, -0.25) is 4.79 Å². The van der Waals surface area contributed by atoms with Crippen LogP contribution in [0.1, 0.15) is 163 Å². The van der Waals surface area contributed by atoms with Crippen LogP contribution < -0.4 is 0 Å². The maximum Gasteiger partial charge on any atom is 0.308 e. The van der Waals surface area contributed by atoms with Crippen molar-refractivity contribution in [3.63, 3.8) is 0 Å². The molecule has 0 rings (SSSR count). The highest BCUT2D eigenvalue weighted by Gasteiger charge is 2.40. The molecule has 0 aromatic carbocycles. The van der Waals surface area contributed by atoms with Crippen molar-refractivity contribution in [2.75, 3.05) is 6.61 Å². The fraction of sp³-hybridized carbons (Fsp3) is 0.966. The molecule has 2 atom stereocenters. The van der Waals surface area contributed by atoms with Gasteiger partial charge in [0, 0.05) is 10.2 Å². The number of hydrogen-bond donors (Lipinski definition) is 0. The van der Waals surface area contributed by atoms with Gasteiger partial charge < -0.3 is 4.74 Å². The molecule has 0 fully saturated rings.